The molecule has 5 nitrogen and oxygen atoms in total. The number of carbonyl (C=O) groups excluding carboxylic acids is 2. The molecule has 1 saturated carbocycles. The van der Waals surface area contributed by atoms with Crippen molar-refractivity contribution in [2.45, 2.75) is 64.7 Å². The lowest BCUT2D eigenvalue weighted by atomic mass is 9.79. The Morgan fingerprint density at radius 1 is 1.24 bits per heavy atom. The first-order chi connectivity index (χ1) is 9.96. The van der Waals surface area contributed by atoms with E-state index in [1.807, 2.05) is 0 Å². The molecule has 1 aliphatic carbocycles. The largest absolute Gasteiger partial charge is 0.481 e. The number of amides is 2. The number of carboxylic acids is 1. The zero-order valence-electron chi connectivity index (χ0n) is 12.8. The van der Waals surface area contributed by atoms with Gasteiger partial charge in [-0.2, -0.15) is 0 Å². The van der Waals surface area contributed by atoms with Gasteiger partial charge in [0.25, 0.3) is 0 Å². The second kappa shape index (κ2) is 6.58. The first-order valence-corrected chi connectivity index (χ1v) is 8.04. The summed E-state index contributed by atoms with van der Waals surface area (Å²) in [4.78, 5) is 37.0. The van der Waals surface area contributed by atoms with Gasteiger partial charge in [-0.05, 0) is 25.7 Å². The second-order valence-corrected chi connectivity index (χ2v) is 6.60. The van der Waals surface area contributed by atoms with Crippen molar-refractivity contribution in [2.24, 2.45) is 11.3 Å². The van der Waals surface area contributed by atoms with E-state index in [-0.39, 0.29) is 11.8 Å². The molecule has 1 unspecified atom stereocenters. The fourth-order valence-corrected chi connectivity index (χ4v) is 3.56. The molecule has 2 aliphatic rings. The molecule has 0 radical (unpaired) electrons. The summed E-state index contributed by atoms with van der Waals surface area (Å²) in [5.74, 6) is -1.32. The molecule has 21 heavy (non-hydrogen) atoms. The van der Waals surface area contributed by atoms with Crippen molar-refractivity contribution in [2.75, 3.05) is 6.54 Å². The Hall–Kier alpha value is -1.39. The molecule has 1 spiro atoms. The highest BCUT2D eigenvalue weighted by atomic mass is 16.4. The lowest BCUT2D eigenvalue weighted by Gasteiger charge is -2.25. The van der Waals surface area contributed by atoms with Crippen molar-refractivity contribution in [3.63, 3.8) is 0 Å². The normalized spacial score (nSPS) is 23.4. The molecule has 2 fully saturated rings. The Morgan fingerprint density at radius 2 is 1.86 bits per heavy atom. The van der Waals surface area contributed by atoms with E-state index < -0.39 is 17.3 Å². The SMILES string of the molecule is CC(CCCN1C(=O)CC2(CCCCCC2)C1=O)C(=O)O. The number of nitrogens with zero attached hydrogens (tertiary/aromatic N) is 1. The average Bonchev–Trinajstić information content (AvgIpc) is 2.62. The van der Waals surface area contributed by atoms with Crippen LogP contribution in [-0.2, 0) is 14.4 Å². The summed E-state index contributed by atoms with van der Waals surface area (Å²) in [6.45, 7) is 2.03. The first kappa shape index (κ1) is 16.0. The van der Waals surface area contributed by atoms with Crippen molar-refractivity contribution in [1.82, 2.24) is 4.90 Å². The molecule has 1 atom stereocenters. The highest BCUT2D eigenvalue weighted by Gasteiger charge is 2.50. The number of imide groups is 1. The van der Waals surface area contributed by atoms with E-state index in [2.05, 4.69) is 0 Å². The summed E-state index contributed by atoms with van der Waals surface area (Å²) < 4.78 is 0. The molecular formula is C16H25NO4. The minimum atomic E-state index is -0.825. The van der Waals surface area contributed by atoms with Crippen molar-refractivity contribution in [1.29, 1.82) is 0 Å². The Kier molecular flexibility index (Phi) is 5.01. The molecule has 0 aromatic heterocycles. The Balaban J connectivity index is 1.93. The summed E-state index contributed by atoms with van der Waals surface area (Å²) >= 11 is 0. The van der Waals surface area contributed by atoms with Gasteiger partial charge in [0.2, 0.25) is 11.8 Å². The minimum Gasteiger partial charge on any atom is -0.481 e. The molecule has 0 aromatic rings. The van der Waals surface area contributed by atoms with Gasteiger partial charge in [-0.1, -0.05) is 32.6 Å². The number of hydrogen-bond donors (Lipinski definition) is 1. The predicted molar refractivity (Wildman–Crippen MR) is 77.5 cm³/mol. The quantitative estimate of drug-likeness (QED) is 0.791. The summed E-state index contributed by atoms with van der Waals surface area (Å²) in [7, 11) is 0. The van der Waals surface area contributed by atoms with Crippen molar-refractivity contribution in [3.05, 3.63) is 0 Å². The van der Waals surface area contributed by atoms with Gasteiger partial charge in [0.1, 0.15) is 0 Å². The molecule has 1 N–H and O–H groups in total. The number of aliphatic carboxylic acids is 1. The van der Waals surface area contributed by atoms with Gasteiger partial charge in [0.05, 0.1) is 11.3 Å². The minimum absolute atomic E-state index is 0.00243. The molecule has 5 heteroatoms. The fraction of sp³-hybridized carbons (Fsp3) is 0.812. The monoisotopic (exact) mass is 295 g/mol. The van der Waals surface area contributed by atoms with E-state index in [0.29, 0.717) is 25.8 Å². The number of carbonyl (C=O) groups is 3. The van der Waals surface area contributed by atoms with Gasteiger partial charge in [-0.3, -0.25) is 19.3 Å². The van der Waals surface area contributed by atoms with Crippen molar-refractivity contribution in [3.8, 4) is 0 Å². The number of rotatable bonds is 5. The highest BCUT2D eigenvalue weighted by Crippen LogP contribution is 2.44. The molecule has 2 rings (SSSR count). The van der Waals surface area contributed by atoms with Crippen LogP contribution in [0, 0.1) is 11.3 Å². The maximum atomic E-state index is 12.6. The number of hydrogen-bond acceptors (Lipinski definition) is 3. The lowest BCUT2D eigenvalue weighted by Crippen LogP contribution is -2.36. The van der Waals surface area contributed by atoms with Gasteiger partial charge in [-0.25, -0.2) is 0 Å². The van der Waals surface area contributed by atoms with Crippen LogP contribution in [0.5, 0.6) is 0 Å². The van der Waals surface area contributed by atoms with Crippen LogP contribution in [0.2, 0.25) is 0 Å². The van der Waals surface area contributed by atoms with Gasteiger partial charge in [0.15, 0.2) is 0 Å². The molecule has 1 aliphatic heterocycles. The van der Waals surface area contributed by atoms with Crippen LogP contribution < -0.4 is 0 Å². The van der Waals surface area contributed by atoms with Crippen LogP contribution in [0.4, 0.5) is 0 Å². The van der Waals surface area contributed by atoms with Gasteiger partial charge < -0.3 is 5.11 Å². The Bertz CT molecular complexity index is 424. The van der Waals surface area contributed by atoms with Crippen molar-refractivity contribution < 1.29 is 19.5 Å². The third kappa shape index (κ3) is 3.44. The molecule has 1 saturated heterocycles. The molecule has 118 valence electrons. The number of carboxylic acid groups (broad SMARTS) is 1. The maximum absolute atomic E-state index is 12.6. The van der Waals surface area contributed by atoms with Gasteiger partial charge >= 0.3 is 5.97 Å². The van der Waals surface area contributed by atoms with Crippen LogP contribution in [0.15, 0.2) is 0 Å². The van der Waals surface area contributed by atoms with E-state index in [0.717, 1.165) is 38.5 Å². The maximum Gasteiger partial charge on any atom is 0.306 e. The lowest BCUT2D eigenvalue weighted by molar-refractivity contribution is -0.141. The zero-order valence-corrected chi connectivity index (χ0v) is 12.8. The van der Waals surface area contributed by atoms with Crippen LogP contribution in [0.1, 0.15) is 64.7 Å². The van der Waals surface area contributed by atoms with Crippen LogP contribution >= 0.6 is 0 Å². The third-order valence-corrected chi connectivity index (χ3v) is 4.99. The van der Waals surface area contributed by atoms with Gasteiger partial charge in [0, 0.05) is 13.0 Å². The van der Waals surface area contributed by atoms with E-state index >= 15 is 0 Å². The molecule has 1 heterocycles. The highest BCUT2D eigenvalue weighted by molar-refractivity contribution is 6.05. The van der Waals surface area contributed by atoms with Crippen LogP contribution in [-0.4, -0.2) is 34.3 Å². The van der Waals surface area contributed by atoms with Gasteiger partial charge in [-0.15, -0.1) is 0 Å². The first-order valence-electron chi connectivity index (χ1n) is 8.04. The van der Waals surface area contributed by atoms with Crippen LogP contribution in [0.3, 0.4) is 0 Å². The predicted octanol–water partition coefficient (Wildman–Crippen LogP) is 2.59. The van der Waals surface area contributed by atoms with Crippen molar-refractivity contribution >= 4 is 17.8 Å². The van der Waals surface area contributed by atoms with E-state index in [1.54, 1.807) is 6.92 Å². The average molecular weight is 295 g/mol. The summed E-state index contributed by atoms with van der Waals surface area (Å²) in [5.41, 5.74) is -0.438. The smallest absolute Gasteiger partial charge is 0.306 e. The summed E-state index contributed by atoms with van der Waals surface area (Å²) in [6.07, 6.45) is 7.46. The zero-order chi connectivity index (χ0) is 15.5. The van der Waals surface area contributed by atoms with E-state index in [1.165, 1.54) is 4.90 Å². The van der Waals surface area contributed by atoms with E-state index in [9.17, 15) is 14.4 Å². The second-order valence-electron chi connectivity index (χ2n) is 6.60. The number of likely N-dealkylation sites (tertiary alicyclic amines) is 1. The standard InChI is InChI=1S/C16H25NO4/c1-12(14(19)20)7-6-10-17-13(18)11-16(15(17)21)8-4-2-3-5-9-16/h12H,2-11H2,1H3,(H,19,20). The molecule has 0 aromatic carbocycles. The Morgan fingerprint density at radius 3 is 2.43 bits per heavy atom. The Labute approximate surface area is 125 Å². The fourth-order valence-electron chi connectivity index (χ4n) is 3.56. The van der Waals surface area contributed by atoms with E-state index in [4.69, 9.17) is 5.11 Å². The summed E-state index contributed by atoms with van der Waals surface area (Å²) in [5, 5.41) is 8.86. The summed E-state index contributed by atoms with van der Waals surface area (Å²) in [6, 6.07) is 0. The molecular weight excluding hydrogens is 270 g/mol. The molecule has 0 bridgehead atoms. The van der Waals surface area contributed by atoms with Crippen LogP contribution in [0.25, 0.3) is 0 Å². The molecule has 2 amide bonds. The topological polar surface area (TPSA) is 74.7 Å². The third-order valence-electron chi connectivity index (χ3n) is 4.99.